The first-order valence-corrected chi connectivity index (χ1v) is 9.34. The number of amides is 3. The highest BCUT2D eigenvalue weighted by Gasteiger charge is 2.27. The number of ether oxygens (including phenoxy) is 2. The van der Waals surface area contributed by atoms with Crippen LogP contribution in [0.4, 0.5) is 10.5 Å². The Bertz CT molecular complexity index is 742. The topological polar surface area (TPSA) is 106 Å². The zero-order valence-electron chi connectivity index (χ0n) is 17.0. The predicted molar refractivity (Wildman–Crippen MR) is 105 cm³/mol. The van der Waals surface area contributed by atoms with E-state index in [2.05, 4.69) is 16.0 Å². The van der Waals surface area contributed by atoms with Crippen molar-refractivity contribution >= 4 is 23.6 Å². The van der Waals surface area contributed by atoms with Crippen LogP contribution in [0, 0.1) is 5.92 Å². The van der Waals surface area contributed by atoms with E-state index in [1.165, 1.54) is 0 Å². The lowest BCUT2D eigenvalue weighted by Crippen LogP contribution is -2.47. The summed E-state index contributed by atoms with van der Waals surface area (Å²) < 4.78 is 10.3. The van der Waals surface area contributed by atoms with E-state index in [1.807, 2.05) is 12.1 Å². The van der Waals surface area contributed by atoms with Gasteiger partial charge in [0, 0.05) is 18.3 Å². The monoisotopic (exact) mass is 391 g/mol. The molecule has 0 aromatic heterocycles. The lowest BCUT2D eigenvalue weighted by atomic mass is 10.0. The molecule has 0 fully saturated rings. The van der Waals surface area contributed by atoms with Gasteiger partial charge < -0.3 is 25.4 Å². The summed E-state index contributed by atoms with van der Waals surface area (Å²) >= 11 is 0. The smallest absolute Gasteiger partial charge is 0.407 e. The van der Waals surface area contributed by atoms with E-state index in [-0.39, 0.29) is 18.4 Å². The molecule has 3 N–H and O–H groups in total. The second-order valence-electron chi connectivity index (χ2n) is 7.90. The van der Waals surface area contributed by atoms with Gasteiger partial charge in [-0.1, -0.05) is 13.0 Å². The quantitative estimate of drug-likeness (QED) is 0.714. The van der Waals surface area contributed by atoms with Gasteiger partial charge in [-0.3, -0.25) is 9.59 Å². The second kappa shape index (κ2) is 8.95. The first kappa shape index (κ1) is 21.5. The Labute approximate surface area is 165 Å². The number of hydrogen-bond donors (Lipinski definition) is 3. The van der Waals surface area contributed by atoms with Gasteiger partial charge in [0.1, 0.15) is 17.4 Å². The summed E-state index contributed by atoms with van der Waals surface area (Å²) in [6.45, 7) is 7.09. The number of aryl methyl sites for hydroxylation is 1. The van der Waals surface area contributed by atoms with Crippen LogP contribution in [-0.4, -0.2) is 43.2 Å². The highest BCUT2D eigenvalue weighted by Crippen LogP contribution is 2.26. The van der Waals surface area contributed by atoms with Crippen LogP contribution < -0.4 is 20.7 Å². The summed E-state index contributed by atoms with van der Waals surface area (Å²) in [7, 11) is 1.57. The van der Waals surface area contributed by atoms with Crippen molar-refractivity contribution in [3.63, 3.8) is 0 Å². The normalized spacial score (nSPS) is 17.5. The van der Waals surface area contributed by atoms with Gasteiger partial charge in [0.05, 0.1) is 13.0 Å². The standard InChI is InChI=1S/C20H29N3O5/c1-12(11-21-19(26)28-20(2,3)4)17(24)22-15-9-7-13-6-8-14(27-5)10-16(13)23-18(15)25/h6,8,10,12,15H,7,9,11H2,1-5H3,(H,21,26)(H,22,24)(H,23,25)/t12?,15-/m0/s1. The SMILES string of the molecule is COc1ccc2c(c1)NC(=O)[C@@H](NC(=O)C(C)CNC(=O)OC(C)(C)C)CC2. The van der Waals surface area contributed by atoms with Gasteiger partial charge in [0.15, 0.2) is 0 Å². The average molecular weight is 391 g/mol. The van der Waals surface area contributed by atoms with Crippen molar-refractivity contribution in [1.82, 2.24) is 10.6 Å². The molecule has 1 aliphatic heterocycles. The molecule has 2 rings (SSSR count). The fourth-order valence-electron chi connectivity index (χ4n) is 2.76. The molecule has 1 unspecified atom stereocenters. The molecular formula is C20H29N3O5. The maximum atomic E-state index is 12.5. The number of anilines is 1. The van der Waals surface area contributed by atoms with Gasteiger partial charge in [0.2, 0.25) is 11.8 Å². The predicted octanol–water partition coefficient (Wildman–Crippen LogP) is 2.23. The maximum Gasteiger partial charge on any atom is 0.407 e. The molecule has 1 aliphatic rings. The fourth-order valence-corrected chi connectivity index (χ4v) is 2.76. The van der Waals surface area contributed by atoms with Crippen molar-refractivity contribution in [1.29, 1.82) is 0 Å². The van der Waals surface area contributed by atoms with E-state index in [1.54, 1.807) is 40.9 Å². The number of carbonyl (C=O) groups excluding carboxylic acids is 3. The van der Waals surface area contributed by atoms with E-state index < -0.39 is 23.7 Å². The summed E-state index contributed by atoms with van der Waals surface area (Å²) in [6, 6.07) is 4.88. The summed E-state index contributed by atoms with van der Waals surface area (Å²) in [6.07, 6.45) is 0.556. The number of nitrogens with one attached hydrogen (secondary N) is 3. The molecule has 3 amide bonds. The molecule has 1 aromatic rings. The first-order valence-electron chi connectivity index (χ1n) is 9.34. The third-order valence-electron chi connectivity index (χ3n) is 4.31. The van der Waals surface area contributed by atoms with Crippen molar-refractivity contribution in [2.45, 2.75) is 52.2 Å². The molecule has 1 aromatic carbocycles. The van der Waals surface area contributed by atoms with E-state index in [4.69, 9.17) is 9.47 Å². The molecule has 0 saturated carbocycles. The molecule has 8 nitrogen and oxygen atoms in total. The molecule has 0 bridgehead atoms. The summed E-state index contributed by atoms with van der Waals surface area (Å²) in [4.78, 5) is 36.7. The van der Waals surface area contributed by atoms with E-state index in [9.17, 15) is 14.4 Å². The van der Waals surface area contributed by atoms with Crippen molar-refractivity contribution in [3.05, 3.63) is 23.8 Å². The van der Waals surface area contributed by atoms with Crippen LogP contribution in [0.25, 0.3) is 0 Å². The zero-order valence-corrected chi connectivity index (χ0v) is 17.0. The minimum Gasteiger partial charge on any atom is -0.497 e. The molecule has 28 heavy (non-hydrogen) atoms. The minimum atomic E-state index is -0.644. The van der Waals surface area contributed by atoms with Gasteiger partial charge in [0.25, 0.3) is 0 Å². The van der Waals surface area contributed by atoms with Gasteiger partial charge >= 0.3 is 6.09 Å². The van der Waals surface area contributed by atoms with Crippen LogP contribution in [-0.2, 0) is 20.7 Å². The fraction of sp³-hybridized carbons (Fsp3) is 0.550. The zero-order chi connectivity index (χ0) is 20.9. The van der Waals surface area contributed by atoms with Crippen molar-refractivity contribution in [3.8, 4) is 5.75 Å². The average Bonchev–Trinajstić information content (AvgIpc) is 2.76. The molecule has 0 saturated heterocycles. The highest BCUT2D eigenvalue weighted by molar-refractivity contribution is 5.98. The third-order valence-corrected chi connectivity index (χ3v) is 4.31. The van der Waals surface area contributed by atoms with Gasteiger partial charge in [-0.2, -0.15) is 0 Å². The number of alkyl carbamates (subject to hydrolysis) is 1. The third kappa shape index (κ3) is 6.14. The van der Waals surface area contributed by atoms with Gasteiger partial charge in [-0.15, -0.1) is 0 Å². The molecule has 154 valence electrons. The first-order chi connectivity index (χ1) is 13.1. The number of rotatable bonds is 5. The molecule has 0 aliphatic carbocycles. The Hall–Kier alpha value is -2.77. The molecule has 1 heterocycles. The van der Waals surface area contributed by atoms with Crippen molar-refractivity contribution in [2.75, 3.05) is 19.0 Å². The number of benzene rings is 1. The van der Waals surface area contributed by atoms with E-state index in [0.717, 1.165) is 5.56 Å². The van der Waals surface area contributed by atoms with Crippen molar-refractivity contribution < 1.29 is 23.9 Å². The Kier molecular flexibility index (Phi) is 6.88. The van der Waals surface area contributed by atoms with Gasteiger partial charge in [-0.05, 0) is 45.2 Å². The summed E-state index contributed by atoms with van der Waals surface area (Å²) in [5, 5.41) is 8.18. The number of fused-ring (bicyclic) bond motifs is 1. The van der Waals surface area contributed by atoms with Crippen LogP contribution in [0.15, 0.2) is 18.2 Å². The lowest BCUT2D eigenvalue weighted by molar-refractivity contribution is -0.128. The number of methoxy groups -OCH3 is 1. The molecular weight excluding hydrogens is 362 g/mol. The summed E-state index contributed by atoms with van der Waals surface area (Å²) in [5.74, 6) is -0.429. The Balaban J connectivity index is 1.89. The largest absolute Gasteiger partial charge is 0.497 e. The van der Waals surface area contributed by atoms with Crippen LogP contribution in [0.1, 0.15) is 39.7 Å². The second-order valence-corrected chi connectivity index (χ2v) is 7.90. The maximum absolute atomic E-state index is 12.5. The van der Waals surface area contributed by atoms with E-state index in [0.29, 0.717) is 24.3 Å². The molecule has 0 radical (unpaired) electrons. The Morgan fingerprint density at radius 3 is 2.68 bits per heavy atom. The summed E-state index contributed by atoms with van der Waals surface area (Å²) in [5.41, 5.74) is 1.08. The minimum absolute atomic E-state index is 0.118. The number of carbonyl (C=O) groups is 3. The van der Waals surface area contributed by atoms with Crippen LogP contribution in [0.3, 0.4) is 0 Å². The van der Waals surface area contributed by atoms with Crippen LogP contribution in [0.2, 0.25) is 0 Å². The van der Waals surface area contributed by atoms with Gasteiger partial charge in [-0.25, -0.2) is 4.79 Å². The molecule has 8 heteroatoms. The van der Waals surface area contributed by atoms with Crippen LogP contribution >= 0.6 is 0 Å². The molecule has 2 atom stereocenters. The molecule has 0 spiro atoms. The Morgan fingerprint density at radius 1 is 1.32 bits per heavy atom. The lowest BCUT2D eigenvalue weighted by Gasteiger charge is -2.21. The number of hydrogen-bond acceptors (Lipinski definition) is 5. The highest BCUT2D eigenvalue weighted by atomic mass is 16.6. The Morgan fingerprint density at radius 2 is 2.04 bits per heavy atom. The van der Waals surface area contributed by atoms with Crippen molar-refractivity contribution in [2.24, 2.45) is 5.92 Å². The van der Waals surface area contributed by atoms with E-state index >= 15 is 0 Å². The van der Waals surface area contributed by atoms with Crippen LogP contribution in [0.5, 0.6) is 5.75 Å².